The molecule has 0 aliphatic rings. The van der Waals surface area contributed by atoms with E-state index in [1.54, 1.807) is 24.4 Å². The Bertz CT molecular complexity index is 572. The first-order chi connectivity index (χ1) is 7.90. The van der Waals surface area contributed by atoms with Crippen molar-refractivity contribution in [3.05, 3.63) is 30.0 Å². The van der Waals surface area contributed by atoms with E-state index in [0.717, 1.165) is 16.5 Å². The lowest BCUT2D eigenvalue weighted by atomic mass is 9.94. The number of phenols is 1. The van der Waals surface area contributed by atoms with Crippen molar-refractivity contribution >= 4 is 16.9 Å². The molecule has 0 radical (unpaired) electrons. The van der Waals surface area contributed by atoms with E-state index in [4.69, 9.17) is 10.8 Å². The molecule has 0 saturated heterocycles. The van der Waals surface area contributed by atoms with Crippen LogP contribution in [0.1, 0.15) is 12.5 Å². The Kier molecular flexibility index (Phi) is 2.55. The summed E-state index contributed by atoms with van der Waals surface area (Å²) in [6.45, 7) is 1.47. The normalized spacial score (nSPS) is 14.7. The summed E-state index contributed by atoms with van der Waals surface area (Å²) in [5, 5.41) is 19.2. The van der Waals surface area contributed by atoms with Crippen molar-refractivity contribution < 1.29 is 15.0 Å². The zero-order valence-corrected chi connectivity index (χ0v) is 9.40. The Labute approximate surface area is 97.9 Å². The summed E-state index contributed by atoms with van der Waals surface area (Å²) in [7, 11) is 0. The Morgan fingerprint density at radius 2 is 2.24 bits per heavy atom. The summed E-state index contributed by atoms with van der Waals surface area (Å²) >= 11 is 0. The molecule has 1 aromatic carbocycles. The lowest BCUT2D eigenvalue weighted by Gasteiger charge is -2.18. The number of carboxylic acid groups (broad SMARTS) is 1. The molecule has 0 bridgehead atoms. The average Bonchev–Trinajstić information content (AvgIpc) is 2.60. The summed E-state index contributed by atoms with van der Waals surface area (Å²) in [6, 6.07) is 4.91. The van der Waals surface area contributed by atoms with Gasteiger partial charge in [0.1, 0.15) is 11.3 Å². The second kappa shape index (κ2) is 3.78. The van der Waals surface area contributed by atoms with Gasteiger partial charge in [0.05, 0.1) is 0 Å². The molecule has 1 heterocycles. The van der Waals surface area contributed by atoms with Crippen LogP contribution in [-0.4, -0.2) is 26.7 Å². The minimum absolute atomic E-state index is 0.146. The van der Waals surface area contributed by atoms with E-state index in [-0.39, 0.29) is 12.2 Å². The van der Waals surface area contributed by atoms with Crippen molar-refractivity contribution in [1.29, 1.82) is 0 Å². The molecule has 2 rings (SSSR count). The van der Waals surface area contributed by atoms with Crippen molar-refractivity contribution in [2.75, 3.05) is 0 Å². The molecule has 0 amide bonds. The third kappa shape index (κ3) is 2.09. The quantitative estimate of drug-likeness (QED) is 0.641. The number of hydrogen-bond donors (Lipinski definition) is 4. The van der Waals surface area contributed by atoms with Crippen molar-refractivity contribution in [3.63, 3.8) is 0 Å². The maximum absolute atomic E-state index is 11.0. The fourth-order valence-corrected chi connectivity index (χ4v) is 1.78. The van der Waals surface area contributed by atoms with Crippen LogP contribution in [0.5, 0.6) is 5.75 Å². The minimum atomic E-state index is -1.32. The number of aliphatic carboxylic acids is 1. The molecule has 5 N–H and O–H groups in total. The van der Waals surface area contributed by atoms with Gasteiger partial charge < -0.3 is 20.9 Å². The fraction of sp³-hybridized carbons (Fsp3) is 0.250. The summed E-state index contributed by atoms with van der Waals surface area (Å²) < 4.78 is 0. The molecular weight excluding hydrogens is 220 g/mol. The first-order valence-electron chi connectivity index (χ1n) is 5.21. The van der Waals surface area contributed by atoms with Crippen LogP contribution in [0.4, 0.5) is 0 Å². The van der Waals surface area contributed by atoms with E-state index in [9.17, 15) is 9.90 Å². The number of aromatic hydroxyl groups is 1. The van der Waals surface area contributed by atoms with Gasteiger partial charge in [-0.15, -0.1) is 0 Å². The van der Waals surface area contributed by atoms with Crippen molar-refractivity contribution in [2.45, 2.75) is 18.9 Å². The molecule has 5 heteroatoms. The maximum Gasteiger partial charge on any atom is 0.323 e. The van der Waals surface area contributed by atoms with Gasteiger partial charge >= 0.3 is 5.97 Å². The zero-order valence-electron chi connectivity index (χ0n) is 9.40. The first kappa shape index (κ1) is 11.5. The molecule has 0 aliphatic heterocycles. The van der Waals surface area contributed by atoms with Crippen LogP contribution in [-0.2, 0) is 11.2 Å². The number of hydrogen-bond acceptors (Lipinski definition) is 3. The van der Waals surface area contributed by atoms with Crippen LogP contribution >= 0.6 is 0 Å². The molecular formula is C12H14N2O3. The van der Waals surface area contributed by atoms with Crippen LogP contribution < -0.4 is 5.73 Å². The van der Waals surface area contributed by atoms with Crippen LogP contribution in [0, 0.1) is 0 Å². The Morgan fingerprint density at radius 1 is 1.53 bits per heavy atom. The number of benzene rings is 1. The molecule has 17 heavy (non-hydrogen) atoms. The highest BCUT2D eigenvalue weighted by Gasteiger charge is 2.29. The van der Waals surface area contributed by atoms with Crippen molar-refractivity contribution in [2.24, 2.45) is 5.73 Å². The second-order valence-corrected chi connectivity index (χ2v) is 4.44. The number of carbonyl (C=O) groups is 1. The summed E-state index contributed by atoms with van der Waals surface area (Å²) in [5.41, 5.74) is 6.01. The third-order valence-electron chi connectivity index (χ3n) is 2.80. The topological polar surface area (TPSA) is 99.3 Å². The molecule has 90 valence electrons. The zero-order chi connectivity index (χ0) is 12.6. The predicted molar refractivity (Wildman–Crippen MR) is 63.9 cm³/mol. The summed E-state index contributed by atoms with van der Waals surface area (Å²) in [5.74, 6) is -0.903. The van der Waals surface area contributed by atoms with Gasteiger partial charge in [0.25, 0.3) is 0 Å². The molecule has 0 saturated carbocycles. The number of phenolic OH excluding ortho intramolecular Hbond substituents is 1. The smallest absolute Gasteiger partial charge is 0.323 e. The van der Waals surface area contributed by atoms with Gasteiger partial charge in [-0.25, -0.2) is 0 Å². The van der Waals surface area contributed by atoms with Gasteiger partial charge in [0.15, 0.2) is 0 Å². The highest BCUT2D eigenvalue weighted by molar-refractivity contribution is 5.86. The number of fused-ring (bicyclic) bond motifs is 1. The number of carboxylic acids is 1. The molecule has 0 aliphatic carbocycles. The molecule has 2 aromatic rings. The van der Waals surface area contributed by atoms with Gasteiger partial charge in [-0.05, 0) is 30.7 Å². The van der Waals surface area contributed by atoms with Crippen molar-refractivity contribution in [1.82, 2.24) is 4.98 Å². The van der Waals surface area contributed by atoms with E-state index in [2.05, 4.69) is 4.98 Å². The molecule has 0 unspecified atom stereocenters. The van der Waals surface area contributed by atoms with E-state index in [1.807, 2.05) is 0 Å². The van der Waals surface area contributed by atoms with Crippen LogP contribution in [0.3, 0.4) is 0 Å². The monoisotopic (exact) mass is 234 g/mol. The Balaban J connectivity index is 2.43. The third-order valence-corrected chi connectivity index (χ3v) is 2.80. The Hall–Kier alpha value is -2.01. The molecule has 1 aromatic heterocycles. The molecule has 5 nitrogen and oxygen atoms in total. The second-order valence-electron chi connectivity index (χ2n) is 4.44. The van der Waals surface area contributed by atoms with E-state index >= 15 is 0 Å². The average molecular weight is 234 g/mol. The standard InChI is InChI=1S/C12H14N2O3/c1-12(13,11(16)17)5-7-6-14-10-3-2-8(15)4-9(7)10/h2-4,6,14-15H,5,13H2,1H3,(H,16,17)/t12-/m1/s1. The summed E-state index contributed by atoms with van der Waals surface area (Å²) in [4.78, 5) is 14.0. The highest BCUT2D eigenvalue weighted by Crippen LogP contribution is 2.25. The lowest BCUT2D eigenvalue weighted by Crippen LogP contribution is -2.46. The molecule has 0 fully saturated rings. The number of nitrogens with two attached hydrogens (primary N) is 1. The van der Waals surface area contributed by atoms with Gasteiger partial charge in [0, 0.05) is 23.5 Å². The SMILES string of the molecule is C[C@@](N)(Cc1c[nH]c2ccc(O)cc12)C(=O)O. The first-order valence-corrected chi connectivity index (χ1v) is 5.21. The number of aromatic amines is 1. The number of H-pyrrole nitrogens is 1. The van der Waals surface area contributed by atoms with E-state index in [1.165, 1.54) is 6.92 Å². The maximum atomic E-state index is 11.0. The summed E-state index contributed by atoms with van der Waals surface area (Å²) in [6.07, 6.45) is 1.92. The van der Waals surface area contributed by atoms with E-state index in [0.29, 0.717) is 0 Å². The number of nitrogens with one attached hydrogen (secondary N) is 1. The number of aromatic nitrogens is 1. The predicted octanol–water partition coefficient (Wildman–Crippen LogP) is 1.22. The van der Waals surface area contributed by atoms with Crippen molar-refractivity contribution in [3.8, 4) is 5.75 Å². The number of rotatable bonds is 3. The van der Waals surface area contributed by atoms with Crippen LogP contribution in [0.25, 0.3) is 10.9 Å². The Morgan fingerprint density at radius 3 is 2.88 bits per heavy atom. The van der Waals surface area contributed by atoms with Gasteiger partial charge in [0.2, 0.25) is 0 Å². The van der Waals surface area contributed by atoms with Crippen LogP contribution in [0.2, 0.25) is 0 Å². The van der Waals surface area contributed by atoms with Gasteiger partial charge in [-0.2, -0.15) is 0 Å². The molecule has 0 spiro atoms. The highest BCUT2D eigenvalue weighted by atomic mass is 16.4. The largest absolute Gasteiger partial charge is 0.508 e. The van der Waals surface area contributed by atoms with Crippen LogP contribution in [0.15, 0.2) is 24.4 Å². The lowest BCUT2D eigenvalue weighted by molar-refractivity contribution is -0.142. The van der Waals surface area contributed by atoms with Gasteiger partial charge in [-0.1, -0.05) is 0 Å². The fourth-order valence-electron chi connectivity index (χ4n) is 1.78. The minimum Gasteiger partial charge on any atom is -0.508 e. The van der Waals surface area contributed by atoms with Gasteiger partial charge in [-0.3, -0.25) is 4.79 Å². The van der Waals surface area contributed by atoms with E-state index < -0.39 is 11.5 Å². The molecule has 1 atom stereocenters.